The number of carbonyl (C=O) groups is 1. The number of thiazole rings is 1. The second-order valence-electron chi connectivity index (χ2n) is 5.27. The molecular weight excluding hydrogens is 340 g/mol. The van der Waals surface area contributed by atoms with Crippen molar-refractivity contribution in [2.75, 3.05) is 11.4 Å². The Morgan fingerprint density at radius 2 is 1.83 bits per heavy atom. The summed E-state index contributed by atoms with van der Waals surface area (Å²) in [6.45, 7) is 2.60. The van der Waals surface area contributed by atoms with Gasteiger partial charge in [-0.15, -0.1) is 11.3 Å². The Labute approximate surface area is 150 Å². The lowest BCUT2D eigenvalue weighted by Crippen LogP contribution is -2.32. The van der Waals surface area contributed by atoms with Crippen molar-refractivity contribution in [1.29, 1.82) is 0 Å². The van der Waals surface area contributed by atoms with Crippen LogP contribution in [0.5, 0.6) is 0 Å². The zero-order valence-corrected chi connectivity index (χ0v) is 14.8. The molecule has 1 amide bonds. The lowest BCUT2D eigenvalue weighted by molar-refractivity contribution is -0.118. The van der Waals surface area contributed by atoms with E-state index in [0.29, 0.717) is 11.6 Å². The molecule has 0 fully saturated rings. The standard InChI is InChI=1S/C19H17ClN2OS/c1-2-22(15-8-4-3-5-9-15)18(23)12-14-13-24-19(21-14)16-10-6-7-11-17(16)20/h3-11,13H,2,12H2,1H3. The van der Waals surface area contributed by atoms with Gasteiger partial charge in [0.05, 0.1) is 17.1 Å². The van der Waals surface area contributed by atoms with Gasteiger partial charge in [-0.1, -0.05) is 48.0 Å². The Balaban J connectivity index is 1.77. The highest BCUT2D eigenvalue weighted by Crippen LogP contribution is 2.30. The summed E-state index contributed by atoms with van der Waals surface area (Å²) < 4.78 is 0. The summed E-state index contributed by atoms with van der Waals surface area (Å²) in [4.78, 5) is 19.0. The molecule has 3 aromatic rings. The molecule has 3 rings (SSSR count). The van der Waals surface area contributed by atoms with Gasteiger partial charge in [-0.25, -0.2) is 4.98 Å². The van der Waals surface area contributed by atoms with E-state index in [1.54, 1.807) is 4.90 Å². The number of para-hydroxylation sites is 1. The second-order valence-corrected chi connectivity index (χ2v) is 6.54. The topological polar surface area (TPSA) is 33.2 Å². The Morgan fingerprint density at radius 1 is 1.12 bits per heavy atom. The van der Waals surface area contributed by atoms with Gasteiger partial charge >= 0.3 is 0 Å². The minimum atomic E-state index is 0.0414. The molecule has 3 nitrogen and oxygen atoms in total. The largest absolute Gasteiger partial charge is 0.312 e. The first kappa shape index (κ1) is 16.7. The van der Waals surface area contributed by atoms with Gasteiger partial charge in [0.15, 0.2) is 0 Å². The van der Waals surface area contributed by atoms with Gasteiger partial charge in [0.1, 0.15) is 5.01 Å². The van der Waals surface area contributed by atoms with Crippen molar-refractivity contribution >= 4 is 34.5 Å². The van der Waals surface area contributed by atoms with E-state index in [9.17, 15) is 4.79 Å². The van der Waals surface area contributed by atoms with Crippen LogP contribution in [-0.4, -0.2) is 17.4 Å². The maximum absolute atomic E-state index is 12.6. The van der Waals surface area contributed by atoms with Gasteiger partial charge in [0.25, 0.3) is 0 Å². The molecule has 0 aliphatic rings. The van der Waals surface area contributed by atoms with Crippen LogP contribution in [0.2, 0.25) is 5.02 Å². The van der Waals surface area contributed by atoms with Crippen LogP contribution >= 0.6 is 22.9 Å². The molecule has 0 bridgehead atoms. The minimum Gasteiger partial charge on any atom is -0.312 e. The van der Waals surface area contributed by atoms with Crippen LogP contribution in [0, 0.1) is 0 Å². The van der Waals surface area contributed by atoms with Crippen molar-refractivity contribution in [1.82, 2.24) is 4.98 Å². The monoisotopic (exact) mass is 356 g/mol. The first-order chi connectivity index (χ1) is 11.7. The van der Waals surface area contributed by atoms with Crippen molar-refractivity contribution in [2.45, 2.75) is 13.3 Å². The van der Waals surface area contributed by atoms with Gasteiger partial charge in [0, 0.05) is 23.2 Å². The zero-order valence-electron chi connectivity index (χ0n) is 13.3. The van der Waals surface area contributed by atoms with E-state index in [1.807, 2.05) is 66.9 Å². The number of nitrogens with zero attached hydrogens (tertiary/aromatic N) is 2. The molecule has 0 spiro atoms. The van der Waals surface area contributed by atoms with E-state index >= 15 is 0 Å². The van der Waals surface area contributed by atoms with Crippen LogP contribution in [-0.2, 0) is 11.2 Å². The average Bonchev–Trinajstić information content (AvgIpc) is 3.05. The average molecular weight is 357 g/mol. The molecule has 0 saturated heterocycles. The van der Waals surface area contributed by atoms with E-state index < -0.39 is 0 Å². The smallest absolute Gasteiger partial charge is 0.233 e. The highest BCUT2D eigenvalue weighted by atomic mass is 35.5. The molecule has 24 heavy (non-hydrogen) atoms. The summed E-state index contributed by atoms with van der Waals surface area (Å²) >= 11 is 7.73. The third-order valence-electron chi connectivity index (χ3n) is 3.67. The third kappa shape index (κ3) is 3.66. The van der Waals surface area contributed by atoms with Crippen molar-refractivity contribution in [3.8, 4) is 10.6 Å². The van der Waals surface area contributed by atoms with Crippen LogP contribution in [0.1, 0.15) is 12.6 Å². The normalized spacial score (nSPS) is 10.6. The Morgan fingerprint density at radius 3 is 2.54 bits per heavy atom. The Hall–Kier alpha value is -2.17. The molecule has 0 unspecified atom stereocenters. The van der Waals surface area contributed by atoms with Gasteiger partial charge < -0.3 is 4.90 Å². The van der Waals surface area contributed by atoms with Crippen LogP contribution in [0.4, 0.5) is 5.69 Å². The maximum Gasteiger partial charge on any atom is 0.233 e. The molecule has 0 aliphatic heterocycles. The fraction of sp³-hybridized carbons (Fsp3) is 0.158. The van der Waals surface area contributed by atoms with Gasteiger partial charge in [-0.2, -0.15) is 0 Å². The predicted molar refractivity (Wildman–Crippen MR) is 101 cm³/mol. The van der Waals surface area contributed by atoms with Gasteiger partial charge in [-0.3, -0.25) is 4.79 Å². The van der Waals surface area contributed by atoms with Crippen LogP contribution in [0.25, 0.3) is 10.6 Å². The number of aromatic nitrogens is 1. The lowest BCUT2D eigenvalue weighted by atomic mass is 10.2. The molecule has 0 atom stereocenters. The van der Waals surface area contributed by atoms with Crippen molar-refractivity contribution < 1.29 is 4.79 Å². The van der Waals surface area contributed by atoms with Crippen molar-refractivity contribution in [3.05, 3.63) is 70.7 Å². The quantitative estimate of drug-likeness (QED) is 0.640. The summed E-state index contributed by atoms with van der Waals surface area (Å²) in [5, 5.41) is 3.44. The summed E-state index contributed by atoms with van der Waals surface area (Å²) in [7, 11) is 0. The Kier molecular flexibility index (Phi) is 5.28. The fourth-order valence-electron chi connectivity index (χ4n) is 2.51. The SMILES string of the molecule is CCN(C(=O)Cc1csc(-c2ccccc2Cl)n1)c1ccccc1. The highest BCUT2D eigenvalue weighted by molar-refractivity contribution is 7.13. The van der Waals surface area contributed by atoms with E-state index in [0.717, 1.165) is 22.0 Å². The molecule has 0 radical (unpaired) electrons. The molecule has 2 aromatic carbocycles. The molecule has 0 saturated carbocycles. The predicted octanol–water partition coefficient (Wildman–Crippen LogP) is 5.06. The zero-order chi connectivity index (χ0) is 16.9. The fourth-order valence-corrected chi connectivity index (χ4v) is 3.65. The minimum absolute atomic E-state index is 0.0414. The summed E-state index contributed by atoms with van der Waals surface area (Å²) in [6, 6.07) is 17.3. The molecule has 5 heteroatoms. The highest BCUT2D eigenvalue weighted by Gasteiger charge is 2.16. The number of benzene rings is 2. The summed E-state index contributed by atoms with van der Waals surface area (Å²) in [6.07, 6.45) is 0.281. The number of carbonyl (C=O) groups excluding carboxylic acids is 1. The third-order valence-corrected chi connectivity index (χ3v) is 4.93. The molecule has 122 valence electrons. The first-order valence-electron chi connectivity index (χ1n) is 7.73. The van der Waals surface area contributed by atoms with Crippen LogP contribution < -0.4 is 4.90 Å². The maximum atomic E-state index is 12.6. The molecular formula is C19H17ClN2OS. The van der Waals surface area contributed by atoms with E-state index in [-0.39, 0.29) is 12.3 Å². The molecule has 1 heterocycles. The molecule has 1 aromatic heterocycles. The molecule has 0 aliphatic carbocycles. The number of hydrogen-bond donors (Lipinski definition) is 0. The van der Waals surface area contributed by atoms with Crippen LogP contribution in [0.15, 0.2) is 60.0 Å². The summed E-state index contributed by atoms with van der Waals surface area (Å²) in [5.74, 6) is 0.0414. The number of anilines is 1. The molecule has 0 N–H and O–H groups in total. The van der Waals surface area contributed by atoms with Crippen LogP contribution in [0.3, 0.4) is 0 Å². The van der Waals surface area contributed by atoms with Crippen molar-refractivity contribution in [3.63, 3.8) is 0 Å². The number of rotatable bonds is 5. The lowest BCUT2D eigenvalue weighted by Gasteiger charge is -2.20. The van der Waals surface area contributed by atoms with E-state index in [1.165, 1.54) is 11.3 Å². The number of hydrogen-bond acceptors (Lipinski definition) is 3. The first-order valence-corrected chi connectivity index (χ1v) is 8.99. The Bertz CT molecular complexity index is 832. The number of amides is 1. The summed E-state index contributed by atoms with van der Waals surface area (Å²) in [5.41, 5.74) is 2.58. The second kappa shape index (κ2) is 7.60. The number of likely N-dealkylation sites (N-methyl/N-ethyl adjacent to an activating group) is 1. The van der Waals surface area contributed by atoms with E-state index in [2.05, 4.69) is 4.98 Å². The van der Waals surface area contributed by atoms with Gasteiger partial charge in [0.2, 0.25) is 5.91 Å². The van der Waals surface area contributed by atoms with Crippen molar-refractivity contribution in [2.24, 2.45) is 0 Å². The van der Waals surface area contributed by atoms with E-state index in [4.69, 9.17) is 11.6 Å². The van der Waals surface area contributed by atoms with Gasteiger partial charge in [-0.05, 0) is 25.1 Å². The number of halogens is 1.